The van der Waals surface area contributed by atoms with E-state index in [1.807, 2.05) is 0 Å². The van der Waals surface area contributed by atoms with Gasteiger partial charge in [-0.25, -0.2) is 9.18 Å². The van der Waals surface area contributed by atoms with Gasteiger partial charge in [-0.1, -0.05) is 0 Å². The minimum absolute atomic E-state index is 0.200. The molecule has 1 aromatic rings. The molecular weight excluding hydrogens is 241 g/mol. The third-order valence-electron chi connectivity index (χ3n) is 3.31. The number of halogens is 1. The largest absolute Gasteiger partial charge is 0.504 e. The van der Waals surface area contributed by atoms with Crippen molar-refractivity contribution in [3.8, 4) is 17.2 Å². The molecule has 2 rings (SSSR count). The number of ether oxygens (including phenoxy) is 1. The van der Waals surface area contributed by atoms with E-state index in [4.69, 9.17) is 4.74 Å². The predicted molar refractivity (Wildman–Crippen MR) is 59.9 cm³/mol. The topological polar surface area (TPSA) is 79.1 Å². The maximum atomic E-state index is 14.2. The Hall–Kier alpha value is -2.07. The fourth-order valence-corrected chi connectivity index (χ4v) is 2.20. The van der Waals surface area contributed by atoms with E-state index in [-0.39, 0.29) is 11.3 Å². The molecule has 1 aliphatic carbocycles. The van der Waals surface area contributed by atoms with Gasteiger partial charge >= 0.3 is 0 Å². The van der Waals surface area contributed by atoms with Crippen LogP contribution in [0.1, 0.15) is 24.8 Å². The summed E-state index contributed by atoms with van der Waals surface area (Å²) in [6.45, 7) is 0. The van der Waals surface area contributed by atoms with Gasteiger partial charge in [0.05, 0.1) is 12.7 Å². The molecule has 1 aromatic carbocycles. The zero-order chi connectivity index (χ0) is 13.3. The van der Waals surface area contributed by atoms with Gasteiger partial charge in [0.2, 0.25) is 6.08 Å². The summed E-state index contributed by atoms with van der Waals surface area (Å²) in [7, 11) is 1.25. The second-order valence-electron chi connectivity index (χ2n) is 4.22. The summed E-state index contributed by atoms with van der Waals surface area (Å²) in [6, 6.07) is 0.977. The molecule has 5 nitrogen and oxygen atoms in total. The van der Waals surface area contributed by atoms with Crippen molar-refractivity contribution in [2.75, 3.05) is 7.11 Å². The lowest BCUT2D eigenvalue weighted by Crippen LogP contribution is -2.33. The Balaban J connectivity index is 2.69. The summed E-state index contributed by atoms with van der Waals surface area (Å²) in [5, 5.41) is 19.3. The van der Waals surface area contributed by atoms with Crippen molar-refractivity contribution in [2.24, 2.45) is 4.99 Å². The number of isocyanates is 1. The quantitative estimate of drug-likeness (QED) is 0.490. The number of aliphatic imine (C=N–C) groups is 1. The van der Waals surface area contributed by atoms with Gasteiger partial charge in [-0.3, -0.25) is 0 Å². The number of methoxy groups -OCH3 is 1. The molecule has 1 aliphatic rings. The zero-order valence-electron chi connectivity index (χ0n) is 9.73. The molecule has 1 saturated carbocycles. The number of aromatic hydroxyl groups is 2. The third-order valence-corrected chi connectivity index (χ3v) is 3.31. The smallest absolute Gasteiger partial charge is 0.235 e. The van der Waals surface area contributed by atoms with Gasteiger partial charge in [0.15, 0.2) is 23.1 Å². The lowest BCUT2D eigenvalue weighted by atomic mass is 9.71. The van der Waals surface area contributed by atoms with Gasteiger partial charge in [-0.15, -0.1) is 0 Å². The summed E-state index contributed by atoms with van der Waals surface area (Å²) >= 11 is 0. The molecule has 0 bridgehead atoms. The van der Waals surface area contributed by atoms with Crippen LogP contribution in [-0.2, 0) is 10.3 Å². The Morgan fingerprint density at radius 3 is 2.61 bits per heavy atom. The van der Waals surface area contributed by atoms with Crippen LogP contribution >= 0.6 is 0 Å². The number of nitrogens with zero attached hydrogens (tertiary/aromatic N) is 1. The zero-order valence-corrected chi connectivity index (χ0v) is 9.73. The molecule has 0 aromatic heterocycles. The van der Waals surface area contributed by atoms with Crippen LogP contribution in [0.25, 0.3) is 0 Å². The Labute approximate surface area is 103 Å². The molecule has 2 N–H and O–H groups in total. The second kappa shape index (κ2) is 4.31. The molecule has 1 fully saturated rings. The highest BCUT2D eigenvalue weighted by Gasteiger charge is 2.44. The van der Waals surface area contributed by atoms with E-state index >= 15 is 0 Å². The fourth-order valence-electron chi connectivity index (χ4n) is 2.20. The van der Waals surface area contributed by atoms with Crippen molar-refractivity contribution in [3.63, 3.8) is 0 Å². The van der Waals surface area contributed by atoms with E-state index in [0.717, 1.165) is 12.5 Å². The monoisotopic (exact) mass is 253 g/mol. The molecule has 0 aliphatic heterocycles. The van der Waals surface area contributed by atoms with Gasteiger partial charge in [0, 0.05) is 6.07 Å². The summed E-state index contributed by atoms with van der Waals surface area (Å²) < 4.78 is 18.9. The number of hydrogen-bond acceptors (Lipinski definition) is 5. The van der Waals surface area contributed by atoms with Crippen molar-refractivity contribution in [3.05, 3.63) is 17.4 Å². The van der Waals surface area contributed by atoms with Gasteiger partial charge in [-0.05, 0) is 19.3 Å². The molecule has 0 radical (unpaired) electrons. The second-order valence-corrected chi connectivity index (χ2v) is 4.22. The number of carbonyl (C=O) groups excluding carboxylic acids is 1. The van der Waals surface area contributed by atoms with E-state index in [0.29, 0.717) is 12.8 Å². The Morgan fingerprint density at radius 2 is 2.17 bits per heavy atom. The molecule has 6 heteroatoms. The van der Waals surface area contributed by atoms with Crippen LogP contribution in [0.3, 0.4) is 0 Å². The third kappa shape index (κ3) is 1.62. The number of benzene rings is 1. The molecule has 0 heterocycles. The van der Waals surface area contributed by atoms with Crippen LogP contribution in [0.4, 0.5) is 4.39 Å². The highest BCUT2D eigenvalue weighted by molar-refractivity contribution is 5.56. The van der Waals surface area contributed by atoms with Gasteiger partial charge in [0.25, 0.3) is 0 Å². The molecule has 0 unspecified atom stereocenters. The first-order valence-corrected chi connectivity index (χ1v) is 5.43. The standard InChI is InChI=1S/C12H12FNO4/c1-18-8-5-7(16)11(17)9(10(8)13)12(14-6-15)3-2-4-12/h5,16-17H,2-4H2,1H3. The first-order valence-electron chi connectivity index (χ1n) is 5.43. The highest BCUT2D eigenvalue weighted by atomic mass is 19.1. The van der Waals surface area contributed by atoms with E-state index in [2.05, 4.69) is 4.99 Å². The van der Waals surface area contributed by atoms with Crippen molar-refractivity contribution < 1.29 is 24.1 Å². The number of phenolic OH excluding ortho intramolecular Hbond substituents is 2. The lowest BCUT2D eigenvalue weighted by Gasteiger charge is -2.37. The maximum absolute atomic E-state index is 14.2. The van der Waals surface area contributed by atoms with Gasteiger partial charge < -0.3 is 14.9 Å². The lowest BCUT2D eigenvalue weighted by molar-refractivity contribution is 0.232. The number of rotatable bonds is 3. The van der Waals surface area contributed by atoms with Crippen molar-refractivity contribution >= 4 is 6.08 Å². The number of phenols is 2. The van der Waals surface area contributed by atoms with E-state index in [1.165, 1.54) is 13.2 Å². The maximum Gasteiger partial charge on any atom is 0.235 e. The van der Waals surface area contributed by atoms with E-state index < -0.39 is 22.9 Å². The minimum atomic E-state index is -1.14. The normalized spacial score (nSPS) is 16.6. The van der Waals surface area contributed by atoms with Crippen LogP contribution in [0.5, 0.6) is 17.2 Å². The van der Waals surface area contributed by atoms with Crippen LogP contribution in [0.2, 0.25) is 0 Å². The van der Waals surface area contributed by atoms with Crippen LogP contribution in [-0.4, -0.2) is 23.4 Å². The Bertz CT molecular complexity index is 533. The number of hydrogen-bond donors (Lipinski definition) is 2. The summed E-state index contributed by atoms with van der Waals surface area (Å²) in [5.74, 6) is -2.12. The Morgan fingerprint density at radius 1 is 1.50 bits per heavy atom. The van der Waals surface area contributed by atoms with Gasteiger partial charge in [0.1, 0.15) is 5.54 Å². The molecular formula is C12H12FNO4. The van der Waals surface area contributed by atoms with E-state index in [1.54, 1.807) is 0 Å². The summed E-state index contributed by atoms with van der Waals surface area (Å²) in [4.78, 5) is 14.1. The van der Waals surface area contributed by atoms with Crippen molar-refractivity contribution in [2.45, 2.75) is 24.8 Å². The van der Waals surface area contributed by atoms with Gasteiger partial charge in [-0.2, -0.15) is 4.99 Å². The first kappa shape index (κ1) is 12.4. The van der Waals surface area contributed by atoms with Crippen molar-refractivity contribution in [1.82, 2.24) is 0 Å². The summed E-state index contributed by atoms with van der Waals surface area (Å²) in [5.41, 5.74) is -1.34. The predicted octanol–water partition coefficient (Wildman–Crippen LogP) is 1.96. The average Bonchev–Trinajstić information content (AvgIpc) is 2.30. The molecule has 0 spiro atoms. The van der Waals surface area contributed by atoms with E-state index in [9.17, 15) is 19.4 Å². The first-order chi connectivity index (χ1) is 8.55. The Kier molecular flexibility index (Phi) is 2.97. The van der Waals surface area contributed by atoms with Crippen LogP contribution < -0.4 is 4.74 Å². The fraction of sp³-hybridized carbons (Fsp3) is 0.417. The molecule has 0 atom stereocenters. The van der Waals surface area contributed by atoms with Crippen LogP contribution in [0, 0.1) is 5.82 Å². The molecule has 18 heavy (non-hydrogen) atoms. The molecule has 96 valence electrons. The minimum Gasteiger partial charge on any atom is -0.504 e. The summed E-state index contributed by atoms with van der Waals surface area (Å²) in [6.07, 6.45) is 2.98. The SMILES string of the molecule is COc1cc(O)c(O)c(C2(N=C=O)CCC2)c1F. The molecule has 0 amide bonds. The molecule has 0 saturated heterocycles. The highest BCUT2D eigenvalue weighted by Crippen LogP contribution is 2.52. The average molecular weight is 253 g/mol. The van der Waals surface area contributed by atoms with Crippen molar-refractivity contribution in [1.29, 1.82) is 0 Å². The van der Waals surface area contributed by atoms with Crippen LogP contribution in [0.15, 0.2) is 11.1 Å².